The highest BCUT2D eigenvalue weighted by Crippen LogP contribution is 2.34. The summed E-state index contributed by atoms with van der Waals surface area (Å²) in [7, 11) is 0. The molecule has 0 saturated heterocycles. The number of aliphatic hydroxyl groups excluding tert-OH is 1. The summed E-state index contributed by atoms with van der Waals surface area (Å²) in [6.07, 6.45) is -0.429. The predicted octanol–water partition coefficient (Wildman–Crippen LogP) is 1.20. The molecule has 5 N–H and O–H groups in total. The third kappa shape index (κ3) is 5.85. The van der Waals surface area contributed by atoms with E-state index in [4.69, 9.17) is 4.74 Å². The molecule has 9 heteroatoms. The van der Waals surface area contributed by atoms with E-state index < -0.39 is 42.5 Å². The molecule has 1 aromatic rings. The maximum absolute atomic E-state index is 12.7. The number of benzene rings is 1. The Morgan fingerprint density at radius 3 is 2.25 bits per heavy atom. The van der Waals surface area contributed by atoms with Crippen LogP contribution in [0, 0.1) is 5.92 Å². The number of phenols is 1. The number of phenolic OH excluding ortho intramolecular Hbond substituents is 1. The Morgan fingerprint density at radius 1 is 1.18 bits per heavy atom. The van der Waals surface area contributed by atoms with Gasteiger partial charge in [0.05, 0.1) is 6.61 Å². The zero-order chi connectivity index (χ0) is 21.3. The Bertz CT molecular complexity index is 675. The number of aliphatic carboxylic acids is 1. The van der Waals surface area contributed by atoms with Gasteiger partial charge in [0, 0.05) is 19.6 Å². The van der Waals surface area contributed by atoms with Gasteiger partial charge in [0.25, 0.3) is 0 Å². The number of esters is 1. The number of urea groups is 1. The fourth-order valence-electron chi connectivity index (χ4n) is 2.80. The maximum atomic E-state index is 12.7. The molecule has 1 aromatic carbocycles. The number of hydrogen-bond donors (Lipinski definition) is 5. The Kier molecular flexibility index (Phi) is 8.72. The molecule has 0 aliphatic heterocycles. The topological polar surface area (TPSA) is 145 Å². The molecule has 0 saturated carbocycles. The van der Waals surface area contributed by atoms with E-state index in [0.717, 1.165) is 0 Å². The number of ether oxygens (including phenoxy) is 1. The first kappa shape index (κ1) is 23.2. The van der Waals surface area contributed by atoms with Crippen molar-refractivity contribution >= 4 is 18.0 Å². The van der Waals surface area contributed by atoms with Crippen LogP contribution < -0.4 is 10.6 Å². The van der Waals surface area contributed by atoms with Gasteiger partial charge in [0.1, 0.15) is 11.7 Å². The summed E-state index contributed by atoms with van der Waals surface area (Å²) in [6.45, 7) is 5.02. The van der Waals surface area contributed by atoms with Gasteiger partial charge in [-0.1, -0.05) is 26.0 Å². The van der Waals surface area contributed by atoms with Gasteiger partial charge in [-0.25, -0.2) is 9.59 Å². The van der Waals surface area contributed by atoms with Crippen LogP contribution in [-0.4, -0.2) is 58.6 Å². The molecule has 0 radical (unpaired) electrons. The van der Waals surface area contributed by atoms with Gasteiger partial charge >= 0.3 is 18.0 Å². The molecule has 1 rings (SSSR count). The third-order valence-corrected chi connectivity index (χ3v) is 4.14. The lowest BCUT2D eigenvalue weighted by Gasteiger charge is -2.36. The Hall–Kier alpha value is -2.81. The number of rotatable bonds is 10. The average Bonchev–Trinajstić information content (AvgIpc) is 2.62. The molecule has 2 unspecified atom stereocenters. The number of aliphatic hydroxyl groups is 1. The fourth-order valence-corrected chi connectivity index (χ4v) is 2.80. The Balaban J connectivity index is 3.44. The van der Waals surface area contributed by atoms with Gasteiger partial charge < -0.3 is 30.7 Å². The number of carbonyl (C=O) groups is 3. The molecule has 0 aliphatic carbocycles. The zero-order valence-corrected chi connectivity index (χ0v) is 16.3. The monoisotopic (exact) mass is 396 g/mol. The van der Waals surface area contributed by atoms with Crippen molar-refractivity contribution in [3.63, 3.8) is 0 Å². The summed E-state index contributed by atoms with van der Waals surface area (Å²) in [4.78, 5) is 37.3. The van der Waals surface area contributed by atoms with Gasteiger partial charge in [-0.3, -0.25) is 4.79 Å². The number of amides is 2. The minimum Gasteiger partial charge on any atom is -0.508 e. The first-order chi connectivity index (χ1) is 13.2. The van der Waals surface area contributed by atoms with E-state index in [1.807, 2.05) is 13.8 Å². The first-order valence-corrected chi connectivity index (χ1v) is 9.03. The van der Waals surface area contributed by atoms with Crippen molar-refractivity contribution in [2.75, 3.05) is 19.8 Å². The molecule has 0 spiro atoms. The second-order valence-electron chi connectivity index (χ2n) is 6.76. The predicted molar refractivity (Wildman–Crippen MR) is 101 cm³/mol. The largest absolute Gasteiger partial charge is 0.508 e. The van der Waals surface area contributed by atoms with Gasteiger partial charge in [0.2, 0.25) is 0 Å². The highest BCUT2D eigenvalue weighted by Gasteiger charge is 2.52. The minimum atomic E-state index is -2.15. The van der Waals surface area contributed by atoms with Crippen molar-refractivity contribution in [2.24, 2.45) is 5.92 Å². The van der Waals surface area contributed by atoms with Crippen LogP contribution in [0.5, 0.6) is 5.75 Å². The van der Waals surface area contributed by atoms with Crippen LogP contribution in [-0.2, 0) is 14.3 Å². The Morgan fingerprint density at radius 2 is 1.79 bits per heavy atom. The molecule has 0 heterocycles. The smallest absolute Gasteiger partial charge is 0.330 e. The molecule has 0 bridgehead atoms. The van der Waals surface area contributed by atoms with Gasteiger partial charge in [-0.05, 0) is 30.5 Å². The number of hydrogen-bond acceptors (Lipinski definition) is 6. The van der Waals surface area contributed by atoms with Crippen molar-refractivity contribution in [3.05, 3.63) is 29.8 Å². The van der Waals surface area contributed by atoms with E-state index in [9.17, 15) is 29.7 Å². The average molecular weight is 396 g/mol. The maximum Gasteiger partial charge on any atom is 0.330 e. The molecular formula is C19H28N2O7. The lowest BCUT2D eigenvalue weighted by Crippen LogP contribution is -2.63. The fraction of sp³-hybridized carbons (Fsp3) is 0.526. The van der Waals surface area contributed by atoms with E-state index in [2.05, 4.69) is 10.6 Å². The van der Waals surface area contributed by atoms with Crippen LogP contribution in [0.4, 0.5) is 4.79 Å². The Labute approximate surface area is 163 Å². The first-order valence-electron chi connectivity index (χ1n) is 9.03. The molecule has 0 aromatic heterocycles. The lowest BCUT2D eigenvalue weighted by molar-refractivity contribution is -0.157. The van der Waals surface area contributed by atoms with E-state index in [1.165, 1.54) is 24.3 Å². The molecule has 0 fully saturated rings. The van der Waals surface area contributed by atoms with Crippen LogP contribution in [0.1, 0.15) is 38.7 Å². The van der Waals surface area contributed by atoms with E-state index in [1.54, 1.807) is 6.92 Å². The third-order valence-electron chi connectivity index (χ3n) is 4.14. The van der Waals surface area contributed by atoms with Crippen molar-refractivity contribution in [2.45, 2.75) is 38.6 Å². The molecule has 156 valence electrons. The van der Waals surface area contributed by atoms with Crippen LogP contribution in [0.15, 0.2) is 24.3 Å². The van der Waals surface area contributed by atoms with E-state index in [0.29, 0.717) is 6.54 Å². The van der Waals surface area contributed by atoms with Gasteiger partial charge in [-0.15, -0.1) is 0 Å². The van der Waals surface area contributed by atoms with Crippen molar-refractivity contribution < 1.29 is 34.4 Å². The lowest BCUT2D eigenvalue weighted by atomic mass is 9.76. The normalized spacial score (nSPS) is 14.0. The van der Waals surface area contributed by atoms with Crippen molar-refractivity contribution in [1.29, 1.82) is 0 Å². The van der Waals surface area contributed by atoms with Crippen LogP contribution in [0.25, 0.3) is 0 Å². The molecule has 9 nitrogen and oxygen atoms in total. The summed E-state index contributed by atoms with van der Waals surface area (Å²) in [5, 5.41) is 33.9. The van der Waals surface area contributed by atoms with Crippen molar-refractivity contribution in [3.8, 4) is 5.75 Å². The second kappa shape index (κ2) is 10.5. The molecular weight excluding hydrogens is 368 g/mol. The van der Waals surface area contributed by atoms with E-state index >= 15 is 0 Å². The number of carbonyl (C=O) groups excluding carboxylic acids is 2. The zero-order valence-electron chi connectivity index (χ0n) is 16.3. The van der Waals surface area contributed by atoms with Crippen LogP contribution in [0.3, 0.4) is 0 Å². The minimum absolute atomic E-state index is 0.00177. The molecule has 28 heavy (non-hydrogen) atoms. The van der Waals surface area contributed by atoms with Crippen LogP contribution in [0.2, 0.25) is 0 Å². The highest BCUT2D eigenvalue weighted by molar-refractivity contribution is 5.95. The van der Waals surface area contributed by atoms with Gasteiger partial charge in [-0.2, -0.15) is 0 Å². The van der Waals surface area contributed by atoms with Gasteiger partial charge in [0.15, 0.2) is 5.54 Å². The summed E-state index contributed by atoms with van der Waals surface area (Å²) in [6, 6.07) is 4.56. The quantitative estimate of drug-likeness (QED) is 0.374. The molecule has 2 atom stereocenters. The van der Waals surface area contributed by atoms with Crippen molar-refractivity contribution in [1.82, 2.24) is 10.6 Å². The number of carboxylic acid groups (broad SMARTS) is 1. The summed E-state index contributed by atoms with van der Waals surface area (Å²) >= 11 is 0. The molecule has 2 amide bonds. The van der Waals surface area contributed by atoms with E-state index in [-0.39, 0.29) is 23.8 Å². The number of aromatic hydroxyl groups is 1. The van der Waals surface area contributed by atoms with Crippen LogP contribution >= 0.6 is 0 Å². The summed E-state index contributed by atoms with van der Waals surface area (Å²) < 4.78 is 5.05. The summed E-state index contributed by atoms with van der Waals surface area (Å²) in [5.74, 6) is -3.75. The summed E-state index contributed by atoms with van der Waals surface area (Å²) in [5.41, 5.74) is -1.93. The standard InChI is InChI=1S/C19H28N2O7/c1-4-28-16(24)15(13-5-7-14(23)8-6-13)19(9-10-22,17(25)26)21-18(27)20-11-12(2)3/h5-8,12,15,22-23H,4,9-11H2,1-3H3,(H,25,26)(H2,20,21,27). The highest BCUT2D eigenvalue weighted by atomic mass is 16.5. The number of carboxylic acids is 1. The number of nitrogens with one attached hydrogen (secondary N) is 2. The second-order valence-corrected chi connectivity index (χ2v) is 6.76. The SMILES string of the molecule is CCOC(=O)C(c1ccc(O)cc1)C(CCO)(NC(=O)NCC(C)C)C(=O)O. The molecule has 0 aliphatic rings.